The van der Waals surface area contributed by atoms with Crippen LogP contribution < -0.4 is 4.90 Å². The molecule has 0 heterocycles. The summed E-state index contributed by atoms with van der Waals surface area (Å²) in [7, 11) is 1.72. The number of aliphatic hydroxyl groups excluding tert-OH is 1. The Morgan fingerprint density at radius 3 is 2.67 bits per heavy atom. The molecule has 5 nitrogen and oxygen atoms in total. The first-order valence-corrected chi connectivity index (χ1v) is 4.65. The number of anilines is 1. The summed E-state index contributed by atoms with van der Waals surface area (Å²) in [6.45, 7) is 2.01. The number of hydrogen-bond acceptors (Lipinski definition) is 4. The average Bonchev–Trinajstić information content (AvgIpc) is 2.16. The second kappa shape index (κ2) is 4.75. The fraction of sp³-hybridized carbons (Fsp3) is 0.400. The number of aliphatic hydroxyl groups is 1. The molecule has 0 aromatic heterocycles. The van der Waals surface area contributed by atoms with E-state index >= 15 is 0 Å². The molecule has 82 valence electrons. The summed E-state index contributed by atoms with van der Waals surface area (Å²) in [5.74, 6) is 0. The Hall–Kier alpha value is -1.62. The molecule has 0 aliphatic heterocycles. The van der Waals surface area contributed by atoms with E-state index in [2.05, 4.69) is 0 Å². The molecule has 1 rings (SSSR count). The van der Waals surface area contributed by atoms with Gasteiger partial charge in [0, 0.05) is 19.7 Å². The van der Waals surface area contributed by atoms with Crippen LogP contribution in [-0.2, 0) is 0 Å². The molecule has 1 atom stereocenters. The highest BCUT2D eigenvalue weighted by molar-refractivity contribution is 5.62. The Balaban J connectivity index is 2.97. The van der Waals surface area contributed by atoms with Crippen LogP contribution in [0.4, 0.5) is 11.4 Å². The Morgan fingerprint density at radius 2 is 2.13 bits per heavy atom. The van der Waals surface area contributed by atoms with E-state index in [0.717, 1.165) is 0 Å². The van der Waals surface area contributed by atoms with Crippen molar-refractivity contribution in [3.8, 4) is 0 Å². The molecule has 0 radical (unpaired) electrons. The number of nitrogens with zero attached hydrogens (tertiary/aromatic N) is 2. The van der Waals surface area contributed by atoms with Crippen LogP contribution in [0.3, 0.4) is 0 Å². The van der Waals surface area contributed by atoms with Gasteiger partial charge in [0.2, 0.25) is 0 Å². The van der Waals surface area contributed by atoms with Crippen molar-refractivity contribution < 1.29 is 10.0 Å². The molecule has 0 spiro atoms. The Bertz CT molecular complexity index is 352. The van der Waals surface area contributed by atoms with Gasteiger partial charge in [-0.2, -0.15) is 0 Å². The van der Waals surface area contributed by atoms with Crippen molar-refractivity contribution in [2.45, 2.75) is 13.0 Å². The molecule has 0 fully saturated rings. The molecule has 1 unspecified atom stereocenters. The number of likely N-dealkylation sites (N-methyl/N-ethyl adjacent to an activating group) is 1. The standard InChI is InChI=1S/C10H14N2O3/c1-8(13)7-11(2)9-5-3-4-6-10(9)12(14)15/h3-6,8,13H,7H2,1-2H3. The maximum Gasteiger partial charge on any atom is 0.292 e. The third-order valence-corrected chi connectivity index (χ3v) is 2.03. The number of hydrogen-bond donors (Lipinski definition) is 1. The molecule has 0 bridgehead atoms. The van der Waals surface area contributed by atoms with Crippen LogP contribution in [0.2, 0.25) is 0 Å². The van der Waals surface area contributed by atoms with Gasteiger partial charge < -0.3 is 10.0 Å². The van der Waals surface area contributed by atoms with Crippen molar-refractivity contribution in [1.29, 1.82) is 0 Å². The first-order valence-electron chi connectivity index (χ1n) is 4.65. The summed E-state index contributed by atoms with van der Waals surface area (Å²) in [6.07, 6.45) is -0.519. The highest BCUT2D eigenvalue weighted by atomic mass is 16.6. The molecule has 0 aliphatic carbocycles. The molecule has 1 aromatic rings. The van der Waals surface area contributed by atoms with Crippen LogP contribution in [-0.4, -0.2) is 29.7 Å². The third kappa shape index (κ3) is 2.92. The molecule has 5 heteroatoms. The second-order valence-corrected chi connectivity index (χ2v) is 3.48. The molecule has 0 aliphatic rings. The normalized spacial score (nSPS) is 12.2. The van der Waals surface area contributed by atoms with Crippen molar-refractivity contribution >= 4 is 11.4 Å². The lowest BCUT2D eigenvalue weighted by molar-refractivity contribution is -0.384. The predicted molar refractivity (Wildman–Crippen MR) is 58.0 cm³/mol. The smallest absolute Gasteiger partial charge is 0.292 e. The minimum absolute atomic E-state index is 0.0562. The highest BCUT2D eigenvalue weighted by Crippen LogP contribution is 2.26. The van der Waals surface area contributed by atoms with Crippen molar-refractivity contribution in [3.63, 3.8) is 0 Å². The molecule has 0 amide bonds. The quantitative estimate of drug-likeness (QED) is 0.602. The van der Waals surface area contributed by atoms with Crippen molar-refractivity contribution in [2.24, 2.45) is 0 Å². The molecular formula is C10H14N2O3. The first-order chi connectivity index (χ1) is 7.02. The van der Waals surface area contributed by atoms with Gasteiger partial charge in [-0.1, -0.05) is 12.1 Å². The SMILES string of the molecule is CC(O)CN(C)c1ccccc1[N+](=O)[O-]. The second-order valence-electron chi connectivity index (χ2n) is 3.48. The van der Waals surface area contributed by atoms with Crippen LogP contribution in [0.1, 0.15) is 6.92 Å². The first kappa shape index (κ1) is 11.5. The summed E-state index contributed by atoms with van der Waals surface area (Å²) < 4.78 is 0. The van der Waals surface area contributed by atoms with Crippen LogP contribution in [0.15, 0.2) is 24.3 Å². The topological polar surface area (TPSA) is 66.6 Å². The van der Waals surface area contributed by atoms with Crippen LogP contribution >= 0.6 is 0 Å². The van der Waals surface area contributed by atoms with Gasteiger partial charge in [-0.3, -0.25) is 10.1 Å². The maximum atomic E-state index is 10.7. The number of nitro benzene ring substituents is 1. The minimum Gasteiger partial charge on any atom is -0.392 e. The maximum absolute atomic E-state index is 10.7. The minimum atomic E-state index is -0.519. The van der Waals surface area contributed by atoms with Gasteiger partial charge in [-0.15, -0.1) is 0 Å². The van der Waals surface area contributed by atoms with E-state index in [4.69, 9.17) is 0 Å². The molecule has 0 saturated carbocycles. The number of benzene rings is 1. The molecule has 1 aromatic carbocycles. The average molecular weight is 210 g/mol. The lowest BCUT2D eigenvalue weighted by Crippen LogP contribution is -2.27. The summed E-state index contributed by atoms with van der Waals surface area (Å²) in [5, 5.41) is 19.9. The van der Waals surface area contributed by atoms with E-state index in [1.165, 1.54) is 6.07 Å². The van der Waals surface area contributed by atoms with Crippen LogP contribution in [0.25, 0.3) is 0 Å². The van der Waals surface area contributed by atoms with Gasteiger partial charge in [-0.25, -0.2) is 0 Å². The lowest BCUT2D eigenvalue weighted by atomic mass is 10.2. The third-order valence-electron chi connectivity index (χ3n) is 2.03. The van der Waals surface area contributed by atoms with Gasteiger partial charge >= 0.3 is 0 Å². The number of rotatable bonds is 4. The van der Waals surface area contributed by atoms with E-state index in [-0.39, 0.29) is 5.69 Å². The van der Waals surface area contributed by atoms with Crippen LogP contribution in [0, 0.1) is 10.1 Å². The van der Waals surface area contributed by atoms with Crippen molar-refractivity contribution in [1.82, 2.24) is 0 Å². The van der Waals surface area contributed by atoms with Gasteiger partial charge in [0.25, 0.3) is 5.69 Å². The predicted octanol–water partition coefficient (Wildman–Crippen LogP) is 1.41. The monoisotopic (exact) mass is 210 g/mol. The Labute approximate surface area is 88.1 Å². The lowest BCUT2D eigenvalue weighted by Gasteiger charge is -2.20. The van der Waals surface area contributed by atoms with Gasteiger partial charge in [0.05, 0.1) is 11.0 Å². The zero-order valence-electron chi connectivity index (χ0n) is 8.75. The fourth-order valence-corrected chi connectivity index (χ4v) is 1.44. The molecule has 15 heavy (non-hydrogen) atoms. The number of nitro groups is 1. The summed E-state index contributed by atoms with van der Waals surface area (Å²) >= 11 is 0. The zero-order valence-corrected chi connectivity index (χ0v) is 8.75. The number of para-hydroxylation sites is 2. The Morgan fingerprint density at radius 1 is 1.53 bits per heavy atom. The summed E-state index contributed by atoms with van der Waals surface area (Å²) in [4.78, 5) is 12.0. The highest BCUT2D eigenvalue weighted by Gasteiger charge is 2.16. The van der Waals surface area contributed by atoms with E-state index < -0.39 is 11.0 Å². The van der Waals surface area contributed by atoms with E-state index in [0.29, 0.717) is 12.2 Å². The van der Waals surface area contributed by atoms with Crippen LogP contribution in [0.5, 0.6) is 0 Å². The zero-order chi connectivity index (χ0) is 11.4. The van der Waals surface area contributed by atoms with Gasteiger partial charge in [-0.05, 0) is 13.0 Å². The molecule has 1 N–H and O–H groups in total. The van der Waals surface area contributed by atoms with Crippen molar-refractivity contribution in [2.75, 3.05) is 18.5 Å². The van der Waals surface area contributed by atoms with Gasteiger partial charge in [0.15, 0.2) is 0 Å². The molecular weight excluding hydrogens is 196 g/mol. The summed E-state index contributed by atoms with van der Waals surface area (Å²) in [5.41, 5.74) is 0.573. The van der Waals surface area contributed by atoms with Gasteiger partial charge in [0.1, 0.15) is 5.69 Å². The molecule has 0 saturated heterocycles. The van der Waals surface area contributed by atoms with E-state index in [1.54, 1.807) is 37.1 Å². The van der Waals surface area contributed by atoms with E-state index in [1.807, 2.05) is 0 Å². The summed E-state index contributed by atoms with van der Waals surface area (Å²) in [6, 6.07) is 6.48. The van der Waals surface area contributed by atoms with Crippen molar-refractivity contribution in [3.05, 3.63) is 34.4 Å². The Kier molecular flexibility index (Phi) is 3.62. The largest absolute Gasteiger partial charge is 0.392 e. The van der Waals surface area contributed by atoms with E-state index in [9.17, 15) is 15.2 Å². The fourth-order valence-electron chi connectivity index (χ4n) is 1.44.